The molecular formula is C12H22O2. The summed E-state index contributed by atoms with van der Waals surface area (Å²) in [6.07, 6.45) is 5.17. The van der Waals surface area contributed by atoms with Crippen LogP contribution in [0.3, 0.4) is 0 Å². The van der Waals surface area contributed by atoms with Gasteiger partial charge in [0.15, 0.2) is 0 Å². The molecule has 1 saturated carbocycles. The molecule has 1 aliphatic rings. The highest BCUT2D eigenvalue weighted by atomic mass is 16.4. The zero-order chi connectivity index (χ0) is 10.8. The Morgan fingerprint density at radius 3 is 2.36 bits per heavy atom. The van der Waals surface area contributed by atoms with E-state index >= 15 is 0 Å². The van der Waals surface area contributed by atoms with Crippen LogP contribution in [0.4, 0.5) is 0 Å². The summed E-state index contributed by atoms with van der Waals surface area (Å²) >= 11 is 0. The van der Waals surface area contributed by atoms with Gasteiger partial charge in [-0.2, -0.15) is 0 Å². The number of hydrogen-bond donors (Lipinski definition) is 1. The molecular weight excluding hydrogens is 176 g/mol. The van der Waals surface area contributed by atoms with Crippen LogP contribution in [-0.2, 0) is 4.79 Å². The monoisotopic (exact) mass is 198 g/mol. The smallest absolute Gasteiger partial charge is 0.303 e. The minimum absolute atomic E-state index is 0.264. The maximum absolute atomic E-state index is 10.7. The van der Waals surface area contributed by atoms with Crippen LogP contribution in [0.15, 0.2) is 0 Å². The minimum Gasteiger partial charge on any atom is -0.481 e. The molecule has 0 unspecified atom stereocenters. The van der Waals surface area contributed by atoms with Crippen LogP contribution >= 0.6 is 0 Å². The average Bonchev–Trinajstić information content (AvgIpc) is 2.01. The minimum atomic E-state index is -0.633. The molecule has 1 N–H and O–H groups in total. The Bertz CT molecular complexity index is 203. The van der Waals surface area contributed by atoms with Crippen LogP contribution < -0.4 is 0 Å². The SMILES string of the molecule is CC(C)(C)[C@@H]1CCCC[C@H]1CC(=O)O. The van der Waals surface area contributed by atoms with Gasteiger partial charge in [-0.15, -0.1) is 0 Å². The third kappa shape index (κ3) is 3.00. The first-order valence-electron chi connectivity index (χ1n) is 5.63. The number of rotatable bonds is 2. The van der Waals surface area contributed by atoms with Gasteiger partial charge < -0.3 is 5.11 Å². The van der Waals surface area contributed by atoms with Gasteiger partial charge in [-0.1, -0.05) is 33.6 Å². The van der Waals surface area contributed by atoms with Gasteiger partial charge in [0, 0.05) is 6.42 Å². The third-order valence-corrected chi connectivity index (χ3v) is 3.46. The summed E-state index contributed by atoms with van der Waals surface area (Å²) in [6.45, 7) is 6.70. The molecule has 14 heavy (non-hydrogen) atoms. The molecule has 0 saturated heterocycles. The van der Waals surface area contributed by atoms with E-state index in [-0.39, 0.29) is 5.41 Å². The summed E-state index contributed by atoms with van der Waals surface area (Å²) in [7, 11) is 0. The van der Waals surface area contributed by atoms with E-state index < -0.39 is 5.97 Å². The molecule has 1 fully saturated rings. The van der Waals surface area contributed by atoms with Crippen molar-refractivity contribution in [2.24, 2.45) is 17.3 Å². The number of carboxylic acid groups (broad SMARTS) is 1. The fraction of sp³-hybridized carbons (Fsp3) is 0.917. The highest BCUT2D eigenvalue weighted by Crippen LogP contribution is 2.43. The average molecular weight is 198 g/mol. The van der Waals surface area contributed by atoms with E-state index in [1.165, 1.54) is 19.3 Å². The summed E-state index contributed by atoms with van der Waals surface area (Å²) in [5.74, 6) is 0.361. The maximum Gasteiger partial charge on any atom is 0.303 e. The predicted octanol–water partition coefficient (Wildman–Crippen LogP) is 3.31. The first-order chi connectivity index (χ1) is 6.41. The first-order valence-corrected chi connectivity index (χ1v) is 5.63. The van der Waals surface area contributed by atoms with Crippen molar-refractivity contribution in [2.75, 3.05) is 0 Å². The van der Waals surface area contributed by atoms with Crippen LogP contribution in [0.1, 0.15) is 52.9 Å². The first kappa shape index (κ1) is 11.5. The van der Waals surface area contributed by atoms with E-state index in [4.69, 9.17) is 5.11 Å². The molecule has 0 bridgehead atoms. The van der Waals surface area contributed by atoms with Crippen LogP contribution in [0.25, 0.3) is 0 Å². The van der Waals surface area contributed by atoms with E-state index in [1.54, 1.807) is 0 Å². The van der Waals surface area contributed by atoms with Crippen molar-refractivity contribution in [2.45, 2.75) is 52.9 Å². The number of carbonyl (C=O) groups is 1. The zero-order valence-electron chi connectivity index (χ0n) is 9.55. The van der Waals surface area contributed by atoms with Gasteiger partial charge in [-0.05, 0) is 30.1 Å². The lowest BCUT2D eigenvalue weighted by atomic mass is 9.65. The Kier molecular flexibility index (Phi) is 3.57. The Morgan fingerprint density at radius 2 is 1.86 bits per heavy atom. The van der Waals surface area contributed by atoms with Crippen molar-refractivity contribution < 1.29 is 9.90 Å². The second kappa shape index (κ2) is 4.33. The van der Waals surface area contributed by atoms with Crippen molar-refractivity contribution in [3.05, 3.63) is 0 Å². The quantitative estimate of drug-likeness (QED) is 0.739. The molecule has 0 aromatic rings. The topological polar surface area (TPSA) is 37.3 Å². The van der Waals surface area contributed by atoms with Crippen LogP contribution in [0.2, 0.25) is 0 Å². The molecule has 1 aliphatic carbocycles. The standard InChI is InChI=1S/C12H22O2/c1-12(2,3)10-7-5-4-6-9(10)8-11(13)14/h9-10H,4-8H2,1-3H3,(H,13,14)/t9-,10+/m0/s1. The second-order valence-corrected chi connectivity index (χ2v) is 5.61. The van der Waals surface area contributed by atoms with Gasteiger partial charge in [0.1, 0.15) is 0 Å². The van der Waals surface area contributed by atoms with Gasteiger partial charge in [-0.25, -0.2) is 0 Å². The normalized spacial score (nSPS) is 28.8. The third-order valence-electron chi connectivity index (χ3n) is 3.46. The molecule has 0 amide bonds. The largest absolute Gasteiger partial charge is 0.481 e. The van der Waals surface area contributed by atoms with E-state index in [0.717, 1.165) is 6.42 Å². The molecule has 1 rings (SSSR count). The van der Waals surface area contributed by atoms with E-state index in [1.807, 2.05) is 0 Å². The van der Waals surface area contributed by atoms with Gasteiger partial charge >= 0.3 is 5.97 Å². The zero-order valence-corrected chi connectivity index (χ0v) is 9.55. The van der Waals surface area contributed by atoms with Gasteiger partial charge in [0.05, 0.1) is 0 Å². The Labute approximate surface area is 86.7 Å². The van der Waals surface area contributed by atoms with Crippen molar-refractivity contribution in [1.29, 1.82) is 0 Å². The fourth-order valence-corrected chi connectivity index (χ4v) is 2.82. The summed E-state index contributed by atoms with van der Waals surface area (Å²) in [4.78, 5) is 10.7. The van der Waals surface area contributed by atoms with Crippen molar-refractivity contribution in [3.63, 3.8) is 0 Å². The number of aliphatic carboxylic acids is 1. The van der Waals surface area contributed by atoms with Crippen LogP contribution in [-0.4, -0.2) is 11.1 Å². The lowest BCUT2D eigenvalue weighted by molar-refractivity contribution is -0.139. The Morgan fingerprint density at radius 1 is 1.29 bits per heavy atom. The lowest BCUT2D eigenvalue weighted by Crippen LogP contribution is -2.32. The molecule has 2 atom stereocenters. The molecule has 2 heteroatoms. The second-order valence-electron chi connectivity index (χ2n) is 5.61. The van der Waals surface area contributed by atoms with E-state index in [2.05, 4.69) is 20.8 Å². The molecule has 0 aromatic carbocycles. The lowest BCUT2D eigenvalue weighted by Gasteiger charge is -2.40. The highest BCUT2D eigenvalue weighted by Gasteiger charge is 2.34. The predicted molar refractivity (Wildman–Crippen MR) is 57.2 cm³/mol. The van der Waals surface area contributed by atoms with Crippen molar-refractivity contribution in [3.8, 4) is 0 Å². The maximum atomic E-state index is 10.7. The fourth-order valence-electron chi connectivity index (χ4n) is 2.82. The van der Waals surface area contributed by atoms with Crippen molar-refractivity contribution in [1.82, 2.24) is 0 Å². The molecule has 0 aromatic heterocycles. The van der Waals surface area contributed by atoms with Crippen molar-refractivity contribution >= 4 is 5.97 Å². The Balaban J connectivity index is 2.64. The number of carboxylic acids is 1. The molecule has 0 spiro atoms. The van der Waals surface area contributed by atoms with Gasteiger partial charge in [0.2, 0.25) is 0 Å². The molecule has 0 heterocycles. The Hall–Kier alpha value is -0.530. The molecule has 82 valence electrons. The van der Waals surface area contributed by atoms with Gasteiger partial charge in [-0.3, -0.25) is 4.79 Å². The summed E-state index contributed by atoms with van der Waals surface area (Å²) in [5, 5.41) is 8.85. The molecule has 2 nitrogen and oxygen atoms in total. The number of hydrogen-bond acceptors (Lipinski definition) is 1. The summed E-state index contributed by atoms with van der Waals surface area (Å²) in [5.41, 5.74) is 0.264. The molecule has 0 radical (unpaired) electrons. The summed E-state index contributed by atoms with van der Waals surface area (Å²) in [6, 6.07) is 0. The van der Waals surface area contributed by atoms with Crippen LogP contribution in [0.5, 0.6) is 0 Å². The van der Waals surface area contributed by atoms with Gasteiger partial charge in [0.25, 0.3) is 0 Å². The molecule has 0 aliphatic heterocycles. The van der Waals surface area contributed by atoms with E-state index in [0.29, 0.717) is 18.3 Å². The summed E-state index contributed by atoms with van der Waals surface area (Å²) < 4.78 is 0. The van der Waals surface area contributed by atoms with E-state index in [9.17, 15) is 4.79 Å². The van der Waals surface area contributed by atoms with Crippen LogP contribution in [0, 0.1) is 17.3 Å². The highest BCUT2D eigenvalue weighted by molar-refractivity contribution is 5.67.